The van der Waals surface area contributed by atoms with E-state index in [0.717, 1.165) is 17.9 Å². The number of nitrogens with one attached hydrogen (secondary N) is 1. The lowest BCUT2D eigenvalue weighted by Gasteiger charge is -2.17. The van der Waals surface area contributed by atoms with Crippen LogP contribution < -0.4 is 5.32 Å². The van der Waals surface area contributed by atoms with Crippen molar-refractivity contribution < 1.29 is 0 Å². The summed E-state index contributed by atoms with van der Waals surface area (Å²) in [5.41, 5.74) is 2.49. The smallest absolute Gasteiger partial charge is 0.0706 e. The lowest BCUT2D eigenvalue weighted by atomic mass is 10.1. The Bertz CT molecular complexity index is 482. The number of hydrogen-bond donors (Lipinski definition) is 1. The number of para-hydroxylation sites is 1. The van der Waals surface area contributed by atoms with Gasteiger partial charge in [-0.05, 0) is 11.6 Å². The number of thioether (sulfide) groups is 1. The van der Waals surface area contributed by atoms with E-state index < -0.39 is 0 Å². The Hall–Kier alpha value is -1.06. The molecule has 0 saturated carbocycles. The van der Waals surface area contributed by atoms with Crippen LogP contribution in [0.4, 0.5) is 0 Å². The van der Waals surface area contributed by atoms with Crippen LogP contribution in [0.5, 0.6) is 0 Å². The average Bonchev–Trinajstić information content (AvgIpc) is 2.29. The second-order valence-electron chi connectivity index (χ2n) is 3.33. The molecule has 70 valence electrons. The van der Waals surface area contributed by atoms with E-state index in [1.807, 2.05) is 24.0 Å². The first-order valence-corrected chi connectivity index (χ1v) is 5.64. The molecular formula is C11H10N2S. The zero-order valence-electron chi connectivity index (χ0n) is 7.66. The first-order valence-electron chi connectivity index (χ1n) is 4.65. The molecule has 0 saturated heterocycles. The van der Waals surface area contributed by atoms with Gasteiger partial charge in [0.2, 0.25) is 0 Å². The second-order valence-corrected chi connectivity index (χ2v) is 4.35. The highest BCUT2D eigenvalue weighted by molar-refractivity contribution is 7.99. The normalized spacial score (nSPS) is 15.4. The first kappa shape index (κ1) is 8.26. The van der Waals surface area contributed by atoms with E-state index >= 15 is 0 Å². The largest absolute Gasteiger partial charge is 0.303 e. The van der Waals surface area contributed by atoms with Crippen LogP contribution in [0.15, 0.2) is 35.4 Å². The summed E-state index contributed by atoms with van der Waals surface area (Å²) in [6, 6.07) is 8.32. The van der Waals surface area contributed by atoms with E-state index in [1.165, 1.54) is 15.8 Å². The predicted octanol–water partition coefficient (Wildman–Crippen LogP) is 2.39. The Labute approximate surface area is 86.7 Å². The topological polar surface area (TPSA) is 24.9 Å². The summed E-state index contributed by atoms with van der Waals surface area (Å²) in [6.07, 6.45) is 1.99. The van der Waals surface area contributed by atoms with Gasteiger partial charge in [-0.2, -0.15) is 0 Å². The number of nitrogens with zero attached hydrogens (tertiary/aromatic N) is 1. The average molecular weight is 202 g/mol. The molecule has 14 heavy (non-hydrogen) atoms. The Morgan fingerprint density at radius 3 is 3.21 bits per heavy atom. The van der Waals surface area contributed by atoms with Crippen LogP contribution in [-0.2, 0) is 6.54 Å². The lowest BCUT2D eigenvalue weighted by molar-refractivity contribution is 0.770. The fraction of sp³-hybridized carbons (Fsp3) is 0.182. The molecule has 0 spiro atoms. The lowest BCUT2D eigenvalue weighted by Crippen LogP contribution is -2.17. The molecule has 2 heterocycles. The SMILES string of the molecule is c1ccc2c3c(cnc2c1)SCNC3. The number of benzene rings is 1. The quantitative estimate of drug-likeness (QED) is 0.710. The molecule has 0 bridgehead atoms. The predicted molar refractivity (Wildman–Crippen MR) is 59.3 cm³/mol. The molecular weight excluding hydrogens is 192 g/mol. The van der Waals surface area contributed by atoms with Crippen molar-refractivity contribution in [2.75, 3.05) is 5.88 Å². The summed E-state index contributed by atoms with van der Waals surface area (Å²) in [5, 5.41) is 4.65. The van der Waals surface area contributed by atoms with Gasteiger partial charge in [-0.3, -0.25) is 4.98 Å². The zero-order valence-corrected chi connectivity index (χ0v) is 8.47. The molecule has 0 radical (unpaired) electrons. The van der Waals surface area contributed by atoms with Gasteiger partial charge >= 0.3 is 0 Å². The van der Waals surface area contributed by atoms with Gasteiger partial charge in [0.1, 0.15) is 0 Å². The van der Waals surface area contributed by atoms with Crippen LogP contribution in [0.3, 0.4) is 0 Å². The van der Waals surface area contributed by atoms with Crippen LogP contribution in [0, 0.1) is 0 Å². The van der Waals surface area contributed by atoms with Gasteiger partial charge in [-0.1, -0.05) is 18.2 Å². The van der Waals surface area contributed by atoms with Crippen molar-refractivity contribution in [3.63, 3.8) is 0 Å². The number of hydrogen-bond acceptors (Lipinski definition) is 3. The number of pyridine rings is 1. The molecule has 1 aliphatic rings. The van der Waals surface area contributed by atoms with Crippen LogP contribution in [-0.4, -0.2) is 10.9 Å². The molecule has 0 aliphatic carbocycles. The first-order chi connectivity index (χ1) is 6.95. The Morgan fingerprint density at radius 1 is 1.29 bits per heavy atom. The second kappa shape index (κ2) is 3.26. The maximum atomic E-state index is 4.45. The van der Waals surface area contributed by atoms with E-state index in [9.17, 15) is 0 Å². The highest BCUT2D eigenvalue weighted by Crippen LogP contribution is 2.30. The molecule has 3 rings (SSSR count). The van der Waals surface area contributed by atoms with Crippen LogP contribution in [0.2, 0.25) is 0 Å². The summed E-state index contributed by atoms with van der Waals surface area (Å²) in [6.45, 7) is 0.964. The van der Waals surface area contributed by atoms with Gasteiger partial charge in [-0.25, -0.2) is 0 Å². The van der Waals surface area contributed by atoms with E-state index in [2.05, 4.69) is 28.5 Å². The third-order valence-electron chi connectivity index (χ3n) is 2.48. The molecule has 3 heteroatoms. The maximum Gasteiger partial charge on any atom is 0.0706 e. The molecule has 2 aromatic rings. The van der Waals surface area contributed by atoms with Crippen molar-refractivity contribution >= 4 is 22.7 Å². The van der Waals surface area contributed by atoms with Crippen molar-refractivity contribution in [2.24, 2.45) is 0 Å². The van der Waals surface area contributed by atoms with E-state index in [4.69, 9.17) is 0 Å². The van der Waals surface area contributed by atoms with Gasteiger partial charge < -0.3 is 5.32 Å². The number of aromatic nitrogens is 1. The summed E-state index contributed by atoms with van der Waals surface area (Å²) in [4.78, 5) is 5.77. The van der Waals surface area contributed by atoms with E-state index in [1.54, 1.807) is 0 Å². The minimum absolute atomic E-state index is 0.964. The minimum atomic E-state index is 0.964. The van der Waals surface area contributed by atoms with Gasteiger partial charge in [0.15, 0.2) is 0 Å². The monoisotopic (exact) mass is 202 g/mol. The number of fused-ring (bicyclic) bond motifs is 3. The fourth-order valence-electron chi connectivity index (χ4n) is 1.79. The van der Waals surface area contributed by atoms with Crippen molar-refractivity contribution in [1.82, 2.24) is 10.3 Å². The van der Waals surface area contributed by atoms with E-state index in [0.29, 0.717) is 0 Å². The van der Waals surface area contributed by atoms with Crippen molar-refractivity contribution in [1.29, 1.82) is 0 Å². The molecule has 2 nitrogen and oxygen atoms in total. The Balaban J connectivity index is 2.34. The van der Waals surface area contributed by atoms with Gasteiger partial charge in [-0.15, -0.1) is 11.8 Å². The van der Waals surface area contributed by atoms with Crippen LogP contribution in [0.1, 0.15) is 5.56 Å². The molecule has 1 aromatic heterocycles. The fourth-order valence-corrected chi connectivity index (χ4v) is 2.63. The van der Waals surface area contributed by atoms with E-state index in [-0.39, 0.29) is 0 Å². The maximum absolute atomic E-state index is 4.45. The molecule has 1 aromatic carbocycles. The highest BCUT2D eigenvalue weighted by Gasteiger charge is 2.12. The van der Waals surface area contributed by atoms with Gasteiger partial charge in [0, 0.05) is 28.9 Å². The third-order valence-corrected chi connectivity index (χ3v) is 3.49. The molecule has 0 unspecified atom stereocenters. The summed E-state index contributed by atoms with van der Waals surface area (Å²) in [7, 11) is 0. The standard InChI is InChI=1S/C11H10N2S/c1-2-4-10-8(3-1)9-5-12-7-14-11(9)6-13-10/h1-4,6,12H,5,7H2. The molecule has 1 aliphatic heterocycles. The molecule has 0 atom stereocenters. The van der Waals surface area contributed by atoms with Crippen molar-refractivity contribution in [2.45, 2.75) is 11.4 Å². The summed E-state index contributed by atoms with van der Waals surface area (Å²) >= 11 is 1.83. The van der Waals surface area contributed by atoms with Gasteiger partial charge in [0.05, 0.1) is 5.52 Å². The molecule has 0 amide bonds. The molecule has 1 N–H and O–H groups in total. The van der Waals surface area contributed by atoms with Crippen LogP contribution in [0.25, 0.3) is 10.9 Å². The van der Waals surface area contributed by atoms with Crippen molar-refractivity contribution in [3.05, 3.63) is 36.0 Å². The highest BCUT2D eigenvalue weighted by atomic mass is 32.2. The zero-order chi connectivity index (χ0) is 9.38. The Kier molecular flexibility index (Phi) is 1.92. The Morgan fingerprint density at radius 2 is 2.21 bits per heavy atom. The number of rotatable bonds is 0. The summed E-state index contributed by atoms with van der Waals surface area (Å²) in [5.74, 6) is 0.993. The summed E-state index contributed by atoms with van der Waals surface area (Å²) < 4.78 is 0. The van der Waals surface area contributed by atoms with Crippen molar-refractivity contribution in [3.8, 4) is 0 Å². The third kappa shape index (κ3) is 1.21. The minimum Gasteiger partial charge on any atom is -0.303 e. The van der Waals surface area contributed by atoms with Crippen LogP contribution >= 0.6 is 11.8 Å². The molecule has 0 fully saturated rings. The van der Waals surface area contributed by atoms with Gasteiger partial charge in [0.25, 0.3) is 0 Å².